The highest BCUT2D eigenvalue weighted by Gasteiger charge is 2.33. The lowest BCUT2D eigenvalue weighted by atomic mass is 10.3. The summed E-state index contributed by atoms with van der Waals surface area (Å²) in [6, 6.07) is 13.7. The molecule has 0 heterocycles. The van der Waals surface area contributed by atoms with E-state index in [-0.39, 0.29) is 67.2 Å². The molecule has 3 aromatic carbocycles. The lowest BCUT2D eigenvalue weighted by molar-refractivity contribution is -0.385. The number of nitrogens with zero attached hydrogens (tertiary/aromatic N) is 3. The molecule has 0 unspecified atom stereocenters. The SMILES string of the molecule is O.O.O.O.O.O.O=[N+]([O-])c1ccc(OP(=O)(Oc2ccc([N+](=O)[O-])cc2)Oc2ccc([N+](=O)[O-])cc2)cc1. The summed E-state index contributed by atoms with van der Waals surface area (Å²) in [6.07, 6.45) is 0. The summed E-state index contributed by atoms with van der Waals surface area (Å²) in [4.78, 5) is 30.5. The minimum absolute atomic E-state index is 0. The van der Waals surface area contributed by atoms with E-state index in [2.05, 4.69) is 0 Å². The van der Waals surface area contributed by atoms with Gasteiger partial charge in [0.15, 0.2) is 0 Å². The van der Waals surface area contributed by atoms with E-state index in [1.54, 1.807) is 0 Å². The first-order valence-electron chi connectivity index (χ1n) is 8.57. The Balaban J connectivity index is -0.000000963. The Bertz CT molecular complexity index is 1050. The molecule has 12 N–H and O–H groups in total. The number of phosphoric acid groups is 1. The topological polar surface area (TPSA) is 363 Å². The third-order valence-corrected chi connectivity index (χ3v) is 5.10. The standard InChI is InChI=1S/C18H12N3O10P.6H2O/c22-19(23)13-1-7-16(8-2-13)29-32(28,30-17-9-3-14(4-10-17)20(24)25)31-18-11-5-15(6-12-18)21(26)27;;;;;;/h1-12H;6*1H2. The molecular weight excluding hydrogens is 545 g/mol. The highest BCUT2D eigenvalue weighted by molar-refractivity contribution is 7.49. The van der Waals surface area contributed by atoms with E-state index in [1.807, 2.05) is 0 Å². The summed E-state index contributed by atoms with van der Waals surface area (Å²) >= 11 is 0. The van der Waals surface area contributed by atoms with Crippen molar-refractivity contribution >= 4 is 24.9 Å². The van der Waals surface area contributed by atoms with E-state index in [4.69, 9.17) is 13.6 Å². The molecule has 0 atom stereocenters. The molecule has 212 valence electrons. The maximum Gasteiger partial charge on any atom is 0.647 e. The van der Waals surface area contributed by atoms with Gasteiger partial charge in [-0.3, -0.25) is 30.3 Å². The highest BCUT2D eigenvalue weighted by Crippen LogP contribution is 2.50. The zero-order valence-corrected chi connectivity index (χ0v) is 19.7. The van der Waals surface area contributed by atoms with Crippen molar-refractivity contribution in [2.75, 3.05) is 0 Å². The van der Waals surface area contributed by atoms with Gasteiger partial charge in [0, 0.05) is 36.4 Å². The van der Waals surface area contributed by atoms with Crippen LogP contribution in [0.3, 0.4) is 0 Å². The van der Waals surface area contributed by atoms with Crippen molar-refractivity contribution in [2.45, 2.75) is 0 Å². The molecule has 3 rings (SSSR count). The number of hydrogen-bond acceptors (Lipinski definition) is 10. The molecule has 3 aromatic rings. The van der Waals surface area contributed by atoms with Crippen LogP contribution in [0, 0.1) is 30.3 Å². The maximum absolute atomic E-state index is 13.3. The van der Waals surface area contributed by atoms with E-state index >= 15 is 0 Å². The first-order chi connectivity index (χ1) is 15.1. The van der Waals surface area contributed by atoms with E-state index in [0.717, 1.165) is 36.4 Å². The van der Waals surface area contributed by atoms with Crippen molar-refractivity contribution in [2.24, 2.45) is 0 Å². The number of hydrogen-bond donors (Lipinski definition) is 0. The number of nitro groups is 3. The van der Waals surface area contributed by atoms with Crippen LogP contribution in [0.5, 0.6) is 17.2 Å². The number of benzene rings is 3. The van der Waals surface area contributed by atoms with Crippen molar-refractivity contribution in [1.82, 2.24) is 0 Å². The Hall–Kier alpha value is -4.75. The molecule has 38 heavy (non-hydrogen) atoms. The van der Waals surface area contributed by atoms with Crippen LogP contribution in [0.15, 0.2) is 72.8 Å². The summed E-state index contributed by atoms with van der Waals surface area (Å²) in [5.41, 5.74) is -0.709. The van der Waals surface area contributed by atoms with Gasteiger partial charge < -0.3 is 46.4 Å². The first-order valence-corrected chi connectivity index (χ1v) is 10.0. The zero-order chi connectivity index (χ0) is 23.3. The molecule has 0 saturated heterocycles. The maximum atomic E-state index is 13.3. The Morgan fingerprint density at radius 2 is 0.632 bits per heavy atom. The Morgan fingerprint density at radius 1 is 0.447 bits per heavy atom. The van der Waals surface area contributed by atoms with Gasteiger partial charge in [0.1, 0.15) is 17.2 Å². The van der Waals surface area contributed by atoms with Gasteiger partial charge in [0.2, 0.25) is 0 Å². The average molecular weight is 569 g/mol. The molecule has 0 amide bonds. The fourth-order valence-corrected chi connectivity index (χ4v) is 3.58. The van der Waals surface area contributed by atoms with Crippen LogP contribution in [0.2, 0.25) is 0 Å². The smallest absolute Gasteiger partial charge is 0.412 e. The second kappa shape index (κ2) is 16.8. The van der Waals surface area contributed by atoms with E-state index in [1.165, 1.54) is 36.4 Å². The van der Waals surface area contributed by atoms with Crippen LogP contribution in [0.4, 0.5) is 17.1 Å². The lowest BCUT2D eigenvalue weighted by Crippen LogP contribution is -2.07. The van der Waals surface area contributed by atoms with Crippen molar-refractivity contribution in [1.29, 1.82) is 0 Å². The minimum atomic E-state index is -4.51. The fraction of sp³-hybridized carbons (Fsp3) is 0. The summed E-state index contributed by atoms with van der Waals surface area (Å²) in [7, 11) is -4.51. The molecular formula is C18H24N3O16P. The molecule has 0 spiro atoms. The van der Waals surface area contributed by atoms with Gasteiger partial charge >= 0.3 is 7.82 Å². The normalized spacial score (nSPS) is 9.05. The molecule has 0 saturated carbocycles. The van der Waals surface area contributed by atoms with Crippen LogP contribution in [-0.4, -0.2) is 47.6 Å². The summed E-state index contributed by atoms with van der Waals surface area (Å²) in [5, 5.41) is 32.4. The summed E-state index contributed by atoms with van der Waals surface area (Å²) < 4.78 is 29.3. The summed E-state index contributed by atoms with van der Waals surface area (Å²) in [5.74, 6) is -0.284. The first kappa shape index (κ1) is 40.4. The molecule has 20 heteroatoms. The van der Waals surface area contributed by atoms with E-state index in [0.29, 0.717) is 0 Å². The second-order valence-corrected chi connectivity index (χ2v) is 7.42. The van der Waals surface area contributed by atoms with Crippen molar-refractivity contribution in [3.8, 4) is 17.2 Å². The zero-order valence-electron chi connectivity index (χ0n) is 18.8. The minimum Gasteiger partial charge on any atom is -0.412 e. The van der Waals surface area contributed by atoms with Gasteiger partial charge in [-0.05, 0) is 36.4 Å². The third-order valence-electron chi connectivity index (χ3n) is 3.79. The Kier molecular flexibility index (Phi) is 17.9. The summed E-state index contributed by atoms with van der Waals surface area (Å²) in [6.45, 7) is 0. The van der Waals surface area contributed by atoms with Gasteiger partial charge in [-0.15, -0.1) is 0 Å². The van der Waals surface area contributed by atoms with Crippen molar-refractivity contribution in [3.63, 3.8) is 0 Å². The predicted octanol–water partition coefficient (Wildman–Crippen LogP) is 0.108. The molecule has 0 bridgehead atoms. The average Bonchev–Trinajstić information content (AvgIpc) is 2.74. The number of non-ortho nitro benzene ring substituents is 3. The van der Waals surface area contributed by atoms with Gasteiger partial charge in [-0.1, -0.05) is 0 Å². The van der Waals surface area contributed by atoms with Crippen LogP contribution < -0.4 is 13.6 Å². The highest BCUT2D eigenvalue weighted by atomic mass is 31.2. The van der Waals surface area contributed by atoms with Crippen molar-refractivity contribution in [3.05, 3.63) is 103 Å². The number of phosphoric ester groups is 1. The Morgan fingerprint density at radius 3 is 0.789 bits per heavy atom. The molecule has 0 aromatic heterocycles. The molecule has 0 fully saturated rings. The van der Waals surface area contributed by atoms with Crippen LogP contribution >= 0.6 is 7.82 Å². The molecule has 0 aliphatic rings. The fourth-order valence-electron chi connectivity index (χ4n) is 2.33. The van der Waals surface area contributed by atoms with Crippen LogP contribution in [-0.2, 0) is 4.57 Å². The molecule has 0 radical (unpaired) electrons. The Labute approximate surface area is 211 Å². The van der Waals surface area contributed by atoms with E-state index < -0.39 is 22.6 Å². The van der Waals surface area contributed by atoms with Gasteiger partial charge in [0.05, 0.1) is 14.8 Å². The molecule has 0 aliphatic carbocycles. The van der Waals surface area contributed by atoms with Crippen LogP contribution in [0.25, 0.3) is 0 Å². The lowest BCUT2D eigenvalue weighted by Gasteiger charge is -2.19. The van der Waals surface area contributed by atoms with E-state index in [9.17, 15) is 34.9 Å². The van der Waals surface area contributed by atoms with Gasteiger partial charge in [0.25, 0.3) is 17.1 Å². The third kappa shape index (κ3) is 10.5. The van der Waals surface area contributed by atoms with Gasteiger partial charge in [-0.2, -0.15) is 4.57 Å². The van der Waals surface area contributed by atoms with Crippen LogP contribution in [0.1, 0.15) is 0 Å². The number of nitro benzene ring substituents is 3. The molecule has 19 nitrogen and oxygen atoms in total. The monoisotopic (exact) mass is 569 g/mol. The molecule has 0 aliphatic heterocycles. The predicted molar refractivity (Wildman–Crippen MR) is 130 cm³/mol. The second-order valence-electron chi connectivity index (χ2n) is 5.97. The van der Waals surface area contributed by atoms with Gasteiger partial charge in [-0.25, -0.2) is 0 Å². The quantitative estimate of drug-likeness (QED) is 0.190. The largest absolute Gasteiger partial charge is 0.647 e. The number of rotatable bonds is 9. The van der Waals surface area contributed by atoms with Crippen molar-refractivity contribution < 1.29 is 65.8 Å².